The van der Waals surface area contributed by atoms with Crippen LogP contribution in [0.25, 0.3) is 22.0 Å². The molecule has 0 atom stereocenters. The molecule has 1 aromatic heterocycles. The third-order valence-corrected chi connectivity index (χ3v) is 7.50. The van der Waals surface area contributed by atoms with Gasteiger partial charge in [0.05, 0.1) is 35.0 Å². The van der Waals surface area contributed by atoms with Gasteiger partial charge in [-0.25, -0.2) is 12.7 Å². The molecule has 1 N–H and O–H groups in total. The molecular weight excluding hydrogens is 422 g/mol. The number of nitrogens with zero attached hydrogens (tertiary/aromatic N) is 3. The van der Waals surface area contributed by atoms with Gasteiger partial charge in [-0.3, -0.25) is 0 Å². The highest BCUT2D eigenvalue weighted by Crippen LogP contribution is 2.40. The Morgan fingerprint density at radius 3 is 2.60 bits per heavy atom. The molecule has 6 nitrogen and oxygen atoms in total. The number of aliphatic hydroxyl groups excluding tert-OH is 1. The van der Waals surface area contributed by atoms with Crippen molar-refractivity contribution in [2.75, 3.05) is 19.3 Å². The van der Waals surface area contributed by atoms with E-state index in [4.69, 9.17) is 11.6 Å². The van der Waals surface area contributed by atoms with Crippen LogP contribution in [0.2, 0.25) is 5.02 Å². The second-order valence-corrected chi connectivity index (χ2v) is 9.99. The van der Waals surface area contributed by atoms with Crippen LogP contribution in [0.15, 0.2) is 42.6 Å². The summed E-state index contributed by atoms with van der Waals surface area (Å²) in [6, 6.07) is 13.5. The maximum atomic E-state index is 11.9. The number of piperidine rings is 1. The Balaban J connectivity index is 1.84. The van der Waals surface area contributed by atoms with Crippen LogP contribution in [0.1, 0.15) is 30.0 Å². The fourth-order valence-electron chi connectivity index (χ4n) is 4.20. The Labute approximate surface area is 181 Å². The summed E-state index contributed by atoms with van der Waals surface area (Å²) in [5.41, 5.74) is 3.93. The molecule has 1 fully saturated rings. The van der Waals surface area contributed by atoms with E-state index < -0.39 is 10.0 Å². The molecule has 1 aliphatic rings. The number of aromatic nitrogens is 1. The van der Waals surface area contributed by atoms with Gasteiger partial charge in [-0.15, -0.1) is 0 Å². The summed E-state index contributed by atoms with van der Waals surface area (Å²) in [6.45, 7) is 0.755. The third kappa shape index (κ3) is 3.72. The van der Waals surface area contributed by atoms with Crippen LogP contribution >= 0.6 is 11.6 Å². The van der Waals surface area contributed by atoms with Crippen molar-refractivity contribution in [2.45, 2.75) is 25.5 Å². The SMILES string of the molecule is CS(=O)(=O)N1CCC(n2cc(-c3cccc(C#N)c3)c3ccc(CO)c(Cl)c32)CC1. The van der Waals surface area contributed by atoms with Crippen molar-refractivity contribution in [3.05, 3.63) is 58.7 Å². The van der Waals surface area contributed by atoms with E-state index in [0.29, 0.717) is 42.1 Å². The monoisotopic (exact) mass is 443 g/mol. The zero-order valence-electron chi connectivity index (χ0n) is 16.5. The zero-order valence-corrected chi connectivity index (χ0v) is 18.1. The van der Waals surface area contributed by atoms with Crippen molar-refractivity contribution in [1.82, 2.24) is 8.87 Å². The number of sulfonamides is 1. The van der Waals surface area contributed by atoms with Gasteiger partial charge >= 0.3 is 0 Å². The first-order chi connectivity index (χ1) is 14.3. The van der Waals surface area contributed by atoms with Gasteiger partial charge in [-0.2, -0.15) is 5.26 Å². The Morgan fingerprint density at radius 1 is 1.23 bits per heavy atom. The number of hydrogen-bond donors (Lipinski definition) is 1. The van der Waals surface area contributed by atoms with Crippen LogP contribution in [-0.4, -0.2) is 41.7 Å². The van der Waals surface area contributed by atoms with Gasteiger partial charge in [0.2, 0.25) is 10.0 Å². The van der Waals surface area contributed by atoms with Crippen molar-refractivity contribution in [3.63, 3.8) is 0 Å². The lowest BCUT2D eigenvalue weighted by Crippen LogP contribution is -2.38. The predicted octanol–water partition coefficient (Wildman–Crippen LogP) is 3.92. The minimum absolute atomic E-state index is 0.0878. The highest BCUT2D eigenvalue weighted by molar-refractivity contribution is 7.88. The smallest absolute Gasteiger partial charge is 0.211 e. The fourth-order valence-corrected chi connectivity index (χ4v) is 5.39. The summed E-state index contributed by atoms with van der Waals surface area (Å²) >= 11 is 6.69. The summed E-state index contributed by atoms with van der Waals surface area (Å²) in [5.74, 6) is 0. The van der Waals surface area contributed by atoms with E-state index in [1.807, 2.05) is 36.5 Å². The maximum Gasteiger partial charge on any atom is 0.211 e. The van der Waals surface area contributed by atoms with Crippen LogP contribution in [-0.2, 0) is 16.6 Å². The average Bonchev–Trinajstić information content (AvgIpc) is 3.14. The van der Waals surface area contributed by atoms with Gasteiger partial charge in [0.1, 0.15) is 0 Å². The van der Waals surface area contributed by atoms with Crippen LogP contribution in [0, 0.1) is 11.3 Å². The summed E-state index contributed by atoms with van der Waals surface area (Å²) in [6.07, 6.45) is 4.63. The van der Waals surface area contributed by atoms with E-state index in [1.54, 1.807) is 6.07 Å². The Kier molecular flexibility index (Phi) is 5.60. The van der Waals surface area contributed by atoms with Crippen molar-refractivity contribution < 1.29 is 13.5 Å². The van der Waals surface area contributed by atoms with Gasteiger partial charge in [0, 0.05) is 36.3 Å². The Morgan fingerprint density at radius 2 is 1.97 bits per heavy atom. The second-order valence-electron chi connectivity index (χ2n) is 7.63. The van der Waals surface area contributed by atoms with Crippen molar-refractivity contribution in [3.8, 4) is 17.2 Å². The molecule has 156 valence electrons. The lowest BCUT2D eigenvalue weighted by Gasteiger charge is -2.31. The molecule has 0 amide bonds. The first-order valence-electron chi connectivity index (χ1n) is 9.72. The maximum absolute atomic E-state index is 11.9. The van der Waals surface area contributed by atoms with Crippen molar-refractivity contribution >= 4 is 32.5 Å². The number of aliphatic hydroxyl groups is 1. The first kappa shape index (κ1) is 20.9. The number of halogens is 1. The van der Waals surface area contributed by atoms with E-state index in [1.165, 1.54) is 10.6 Å². The number of benzene rings is 2. The zero-order chi connectivity index (χ0) is 21.5. The quantitative estimate of drug-likeness (QED) is 0.662. The highest BCUT2D eigenvalue weighted by atomic mass is 35.5. The molecule has 2 heterocycles. The molecule has 4 rings (SSSR count). The molecule has 0 saturated carbocycles. The summed E-state index contributed by atoms with van der Waals surface area (Å²) in [5, 5.41) is 20.4. The summed E-state index contributed by atoms with van der Waals surface area (Å²) in [4.78, 5) is 0. The topological polar surface area (TPSA) is 86.3 Å². The van der Waals surface area contributed by atoms with Crippen LogP contribution < -0.4 is 0 Å². The van der Waals surface area contributed by atoms with E-state index in [2.05, 4.69) is 10.6 Å². The minimum Gasteiger partial charge on any atom is -0.392 e. The Hall–Kier alpha value is -2.37. The third-order valence-electron chi connectivity index (χ3n) is 5.77. The molecule has 1 saturated heterocycles. The molecule has 0 spiro atoms. The molecule has 2 aromatic carbocycles. The minimum atomic E-state index is -3.20. The van der Waals surface area contributed by atoms with Crippen LogP contribution in [0.3, 0.4) is 0 Å². The predicted molar refractivity (Wildman–Crippen MR) is 118 cm³/mol. The number of rotatable bonds is 4. The molecule has 0 radical (unpaired) electrons. The van der Waals surface area contributed by atoms with E-state index in [9.17, 15) is 18.8 Å². The fraction of sp³-hybridized carbons (Fsp3) is 0.318. The molecule has 1 aliphatic heterocycles. The molecule has 0 aliphatic carbocycles. The van der Waals surface area contributed by atoms with Gasteiger partial charge < -0.3 is 9.67 Å². The summed E-state index contributed by atoms with van der Waals surface area (Å²) < 4.78 is 27.4. The van der Waals surface area contributed by atoms with Crippen LogP contribution in [0.4, 0.5) is 0 Å². The van der Waals surface area contributed by atoms with Gasteiger partial charge in [0.15, 0.2) is 0 Å². The van der Waals surface area contributed by atoms with Crippen molar-refractivity contribution in [2.24, 2.45) is 0 Å². The van der Waals surface area contributed by atoms with E-state index >= 15 is 0 Å². The van der Waals surface area contributed by atoms with Gasteiger partial charge in [-0.1, -0.05) is 35.9 Å². The molecule has 3 aromatic rings. The highest BCUT2D eigenvalue weighted by Gasteiger charge is 2.28. The molecular formula is C22H22ClN3O3S. The first-order valence-corrected chi connectivity index (χ1v) is 11.9. The number of nitriles is 1. The number of hydrogen-bond acceptors (Lipinski definition) is 4. The Bertz CT molecular complexity index is 1250. The van der Waals surface area contributed by atoms with Crippen LogP contribution in [0.5, 0.6) is 0 Å². The van der Waals surface area contributed by atoms with Gasteiger partial charge in [0.25, 0.3) is 0 Å². The van der Waals surface area contributed by atoms with Gasteiger partial charge in [-0.05, 0) is 36.1 Å². The molecule has 8 heteroatoms. The second kappa shape index (κ2) is 8.05. The lowest BCUT2D eigenvalue weighted by atomic mass is 10.0. The average molecular weight is 444 g/mol. The number of fused-ring (bicyclic) bond motifs is 1. The molecule has 0 unspecified atom stereocenters. The van der Waals surface area contributed by atoms with E-state index in [-0.39, 0.29) is 12.6 Å². The standard InChI is InChI=1S/C22H22ClN3O3S/c1-30(28,29)25-9-7-18(8-10-25)26-13-20(16-4-2-3-15(11-16)12-24)19-6-5-17(14-27)21(23)22(19)26/h2-6,11,13,18,27H,7-10,14H2,1H3. The largest absolute Gasteiger partial charge is 0.392 e. The van der Waals surface area contributed by atoms with E-state index in [0.717, 1.165) is 22.0 Å². The van der Waals surface area contributed by atoms with Crippen molar-refractivity contribution in [1.29, 1.82) is 5.26 Å². The lowest BCUT2D eigenvalue weighted by molar-refractivity contribution is 0.278. The molecule has 0 bridgehead atoms. The normalized spacial score (nSPS) is 16.1. The summed E-state index contributed by atoms with van der Waals surface area (Å²) in [7, 11) is -3.20. The molecule has 30 heavy (non-hydrogen) atoms.